The first kappa shape index (κ1) is 21.5. The standard InChI is InChI=1S/C23H25N5O/c1-16(2)18-10-19(20(13-24)14-25)11-22(23(12-18)29-5)27-26-15-17-6-8-21(9-7-17)28(3)4/h6-12,15-16,27H,1-5H3/b26-15+. The minimum Gasteiger partial charge on any atom is -0.495 e. The van der Waals surface area contributed by atoms with E-state index >= 15 is 0 Å². The molecule has 6 nitrogen and oxygen atoms in total. The average molecular weight is 387 g/mol. The highest BCUT2D eigenvalue weighted by Crippen LogP contribution is 2.26. The number of nitrogens with zero attached hydrogens (tertiary/aromatic N) is 4. The van der Waals surface area contributed by atoms with Crippen molar-refractivity contribution in [3.8, 4) is 12.1 Å². The molecule has 1 aliphatic rings. The van der Waals surface area contributed by atoms with Gasteiger partial charge in [-0.25, -0.2) is 0 Å². The number of nitriles is 2. The molecule has 0 radical (unpaired) electrons. The number of hydrogen-bond acceptors (Lipinski definition) is 6. The van der Waals surface area contributed by atoms with Gasteiger partial charge >= 0.3 is 0 Å². The fraction of sp³-hybridized carbons (Fsp3) is 0.261. The van der Waals surface area contributed by atoms with Crippen LogP contribution in [0.15, 0.2) is 75.8 Å². The lowest BCUT2D eigenvalue weighted by atomic mass is 9.99. The molecule has 6 heteroatoms. The summed E-state index contributed by atoms with van der Waals surface area (Å²) in [6.45, 7) is 4.08. The van der Waals surface area contributed by atoms with Crippen molar-refractivity contribution in [1.29, 1.82) is 10.5 Å². The maximum Gasteiger partial charge on any atom is 0.144 e. The molecule has 29 heavy (non-hydrogen) atoms. The molecule has 1 aromatic carbocycles. The molecule has 0 spiro atoms. The van der Waals surface area contributed by atoms with Crippen LogP contribution in [0.25, 0.3) is 0 Å². The number of rotatable bonds is 6. The average Bonchev–Trinajstić information content (AvgIpc) is 2.89. The van der Waals surface area contributed by atoms with Gasteiger partial charge in [0.05, 0.1) is 19.0 Å². The molecule has 0 saturated heterocycles. The van der Waals surface area contributed by atoms with Crippen LogP contribution in [-0.2, 0) is 4.74 Å². The minimum atomic E-state index is 0.0384. The lowest BCUT2D eigenvalue weighted by Crippen LogP contribution is -2.10. The summed E-state index contributed by atoms with van der Waals surface area (Å²) in [5.41, 5.74) is 7.11. The summed E-state index contributed by atoms with van der Waals surface area (Å²) in [6.07, 6.45) is 7.14. The van der Waals surface area contributed by atoms with Gasteiger partial charge in [-0.2, -0.15) is 15.6 Å². The van der Waals surface area contributed by atoms with Gasteiger partial charge in [0.2, 0.25) is 0 Å². The predicted octanol–water partition coefficient (Wildman–Crippen LogP) is 4.03. The van der Waals surface area contributed by atoms with Crippen molar-refractivity contribution in [3.63, 3.8) is 0 Å². The highest BCUT2D eigenvalue weighted by molar-refractivity contribution is 5.80. The van der Waals surface area contributed by atoms with Gasteiger partial charge in [0.1, 0.15) is 23.5 Å². The predicted molar refractivity (Wildman–Crippen MR) is 116 cm³/mol. The Hall–Kier alpha value is -3.77. The summed E-state index contributed by atoms with van der Waals surface area (Å²) in [6, 6.07) is 11.9. The Labute approximate surface area is 172 Å². The first-order valence-corrected chi connectivity index (χ1v) is 9.19. The highest BCUT2D eigenvalue weighted by atomic mass is 16.5. The molecule has 0 bridgehead atoms. The Bertz CT molecular complexity index is 962. The molecular formula is C23H25N5O. The molecule has 148 valence electrons. The third kappa shape index (κ3) is 5.60. The maximum absolute atomic E-state index is 9.30. The second-order valence-electron chi connectivity index (χ2n) is 6.98. The SMILES string of the molecule is COC1=CC(C(C)C)=CC(=C(C#N)C#N)C=C1N/N=C/c1ccc(N(C)C)cc1. The van der Waals surface area contributed by atoms with Crippen molar-refractivity contribution in [3.05, 3.63) is 76.2 Å². The number of anilines is 1. The fourth-order valence-corrected chi connectivity index (χ4v) is 2.64. The first-order chi connectivity index (χ1) is 13.9. The Morgan fingerprint density at radius 1 is 1.10 bits per heavy atom. The van der Waals surface area contributed by atoms with E-state index in [1.54, 1.807) is 19.4 Å². The normalized spacial score (nSPS) is 13.7. The summed E-state index contributed by atoms with van der Waals surface area (Å²) in [7, 11) is 5.55. The Balaban J connectivity index is 2.36. The summed E-state index contributed by atoms with van der Waals surface area (Å²) < 4.78 is 5.53. The zero-order valence-electron chi connectivity index (χ0n) is 17.4. The molecule has 1 aliphatic carbocycles. The lowest BCUT2D eigenvalue weighted by Gasteiger charge is -2.12. The van der Waals surface area contributed by atoms with Crippen LogP contribution in [0.5, 0.6) is 0 Å². The minimum absolute atomic E-state index is 0.0384. The van der Waals surface area contributed by atoms with Crippen molar-refractivity contribution in [2.24, 2.45) is 11.0 Å². The van der Waals surface area contributed by atoms with Crippen molar-refractivity contribution in [2.45, 2.75) is 13.8 Å². The van der Waals surface area contributed by atoms with Gasteiger partial charge in [0.25, 0.3) is 0 Å². The van der Waals surface area contributed by atoms with Crippen LogP contribution in [0.3, 0.4) is 0 Å². The van der Waals surface area contributed by atoms with Gasteiger partial charge < -0.3 is 9.64 Å². The van der Waals surface area contributed by atoms with Gasteiger partial charge in [-0.15, -0.1) is 0 Å². The maximum atomic E-state index is 9.30. The largest absolute Gasteiger partial charge is 0.495 e. The van der Waals surface area contributed by atoms with E-state index in [1.165, 1.54) is 0 Å². The molecular weight excluding hydrogens is 362 g/mol. The number of benzene rings is 1. The topological polar surface area (TPSA) is 84.4 Å². The monoisotopic (exact) mass is 387 g/mol. The molecule has 0 aromatic heterocycles. The Morgan fingerprint density at radius 2 is 1.76 bits per heavy atom. The smallest absolute Gasteiger partial charge is 0.144 e. The zero-order valence-corrected chi connectivity index (χ0v) is 17.4. The van der Waals surface area contributed by atoms with Crippen LogP contribution in [0.1, 0.15) is 19.4 Å². The van der Waals surface area contributed by atoms with E-state index in [0.717, 1.165) is 16.8 Å². The van der Waals surface area contributed by atoms with Gasteiger partial charge in [-0.3, -0.25) is 5.43 Å². The summed E-state index contributed by atoms with van der Waals surface area (Å²) in [5.74, 6) is 0.774. The van der Waals surface area contributed by atoms with Gasteiger partial charge in [0.15, 0.2) is 0 Å². The molecule has 0 heterocycles. The second-order valence-corrected chi connectivity index (χ2v) is 6.98. The number of hydrazone groups is 1. The molecule has 0 amide bonds. The zero-order chi connectivity index (χ0) is 21.4. The van der Waals surface area contributed by atoms with E-state index in [-0.39, 0.29) is 11.5 Å². The summed E-state index contributed by atoms with van der Waals surface area (Å²) in [5, 5.41) is 22.9. The molecule has 0 saturated carbocycles. The quantitative estimate of drug-likeness (QED) is 0.452. The van der Waals surface area contributed by atoms with Gasteiger partial charge in [-0.1, -0.05) is 26.0 Å². The Kier molecular flexibility index (Phi) is 7.40. The molecule has 1 N–H and O–H groups in total. The summed E-state index contributed by atoms with van der Waals surface area (Å²) in [4.78, 5) is 2.03. The fourth-order valence-electron chi connectivity index (χ4n) is 2.64. The first-order valence-electron chi connectivity index (χ1n) is 9.19. The number of allylic oxidation sites excluding steroid dienone is 6. The highest BCUT2D eigenvalue weighted by Gasteiger charge is 2.15. The van der Waals surface area contributed by atoms with E-state index in [1.807, 2.05) is 81.4 Å². The molecule has 0 fully saturated rings. The van der Waals surface area contributed by atoms with Crippen LogP contribution < -0.4 is 10.3 Å². The van der Waals surface area contributed by atoms with E-state index in [2.05, 4.69) is 10.5 Å². The van der Waals surface area contributed by atoms with E-state index < -0.39 is 0 Å². The molecule has 0 aliphatic heterocycles. The van der Waals surface area contributed by atoms with Crippen LogP contribution in [-0.4, -0.2) is 27.4 Å². The molecule has 0 atom stereocenters. The number of nitrogens with one attached hydrogen (secondary N) is 1. The van der Waals surface area contributed by atoms with Crippen LogP contribution in [0.4, 0.5) is 5.69 Å². The number of ether oxygens (including phenoxy) is 1. The van der Waals surface area contributed by atoms with Crippen molar-refractivity contribution < 1.29 is 4.74 Å². The lowest BCUT2D eigenvalue weighted by molar-refractivity contribution is 0.295. The van der Waals surface area contributed by atoms with Crippen molar-refractivity contribution in [1.82, 2.24) is 5.43 Å². The molecule has 2 rings (SSSR count). The van der Waals surface area contributed by atoms with Gasteiger partial charge in [-0.05, 0) is 47.4 Å². The molecule has 1 aromatic rings. The van der Waals surface area contributed by atoms with Crippen LogP contribution in [0, 0.1) is 28.6 Å². The third-order valence-electron chi connectivity index (χ3n) is 4.39. The van der Waals surface area contributed by atoms with Crippen LogP contribution in [0.2, 0.25) is 0 Å². The Morgan fingerprint density at radius 3 is 2.28 bits per heavy atom. The molecule has 0 unspecified atom stereocenters. The third-order valence-corrected chi connectivity index (χ3v) is 4.39. The van der Waals surface area contributed by atoms with Crippen LogP contribution >= 0.6 is 0 Å². The van der Waals surface area contributed by atoms with E-state index in [0.29, 0.717) is 17.0 Å². The van der Waals surface area contributed by atoms with Crippen molar-refractivity contribution in [2.75, 3.05) is 26.1 Å². The van der Waals surface area contributed by atoms with Gasteiger partial charge in [0, 0.05) is 25.4 Å². The number of methoxy groups -OCH3 is 1. The summed E-state index contributed by atoms with van der Waals surface area (Å²) >= 11 is 0. The van der Waals surface area contributed by atoms with E-state index in [4.69, 9.17) is 4.74 Å². The number of hydrogen-bond donors (Lipinski definition) is 1. The van der Waals surface area contributed by atoms with E-state index in [9.17, 15) is 10.5 Å². The van der Waals surface area contributed by atoms with Crippen molar-refractivity contribution >= 4 is 11.9 Å². The second kappa shape index (κ2) is 9.96.